The Bertz CT molecular complexity index is 2880. The summed E-state index contributed by atoms with van der Waals surface area (Å²) in [7, 11) is 0. The summed E-state index contributed by atoms with van der Waals surface area (Å²) in [6.45, 7) is 10.4. The van der Waals surface area contributed by atoms with Crippen molar-refractivity contribution < 1.29 is 0 Å². The number of nitrogens with zero attached hydrogens (tertiary/aromatic N) is 2. The second-order valence-corrected chi connectivity index (χ2v) is 13.4. The fraction of sp³-hybridized carbons (Fsp3) is 0.0612. The zero-order valence-corrected chi connectivity index (χ0v) is 29.7. The number of hydrogen-bond donors (Lipinski definition) is 1. The SMILES string of the molecule is C=Cc1c(/C=C\C)c2cc(-c3ccc4c(c3)c3cc5ccccc5cc3n4-c3cccc4c3/C(=C\C)C(N)=C4/C=C\C)ccc2n1-c1ccccc1. The van der Waals surface area contributed by atoms with Gasteiger partial charge in [0.05, 0.1) is 27.9 Å². The smallest absolute Gasteiger partial charge is 0.0547 e. The molecule has 6 aromatic carbocycles. The zero-order valence-electron chi connectivity index (χ0n) is 29.7. The van der Waals surface area contributed by atoms with Crippen LogP contribution in [-0.2, 0) is 0 Å². The molecular formula is C49H39N3. The molecule has 0 radical (unpaired) electrons. The van der Waals surface area contributed by atoms with Crippen molar-refractivity contribution in [2.24, 2.45) is 5.73 Å². The summed E-state index contributed by atoms with van der Waals surface area (Å²) < 4.78 is 4.75. The molecular weight excluding hydrogens is 631 g/mol. The van der Waals surface area contributed by atoms with Gasteiger partial charge in [-0.05, 0) is 109 Å². The Morgan fingerprint density at radius 2 is 1.25 bits per heavy atom. The van der Waals surface area contributed by atoms with Crippen LogP contribution >= 0.6 is 0 Å². The highest BCUT2D eigenvalue weighted by atomic mass is 15.0. The maximum absolute atomic E-state index is 6.84. The van der Waals surface area contributed by atoms with Crippen LogP contribution in [-0.4, -0.2) is 9.13 Å². The van der Waals surface area contributed by atoms with Gasteiger partial charge in [0.2, 0.25) is 0 Å². The number of nitrogens with two attached hydrogens (primary N) is 1. The molecule has 0 spiro atoms. The summed E-state index contributed by atoms with van der Waals surface area (Å²) in [4.78, 5) is 0. The summed E-state index contributed by atoms with van der Waals surface area (Å²) >= 11 is 0. The first-order valence-corrected chi connectivity index (χ1v) is 18.0. The van der Waals surface area contributed by atoms with E-state index in [1.54, 1.807) is 0 Å². The first kappa shape index (κ1) is 31.4. The van der Waals surface area contributed by atoms with Gasteiger partial charge < -0.3 is 14.9 Å². The van der Waals surface area contributed by atoms with Gasteiger partial charge in [-0.1, -0.05) is 104 Å². The van der Waals surface area contributed by atoms with E-state index in [1.807, 2.05) is 13.0 Å². The lowest BCUT2D eigenvalue weighted by Crippen LogP contribution is -2.02. The fourth-order valence-electron chi connectivity index (χ4n) is 8.36. The van der Waals surface area contributed by atoms with Crippen LogP contribution in [0.2, 0.25) is 0 Å². The number of hydrogen-bond acceptors (Lipinski definition) is 1. The predicted molar refractivity (Wildman–Crippen MR) is 225 cm³/mol. The fourth-order valence-corrected chi connectivity index (χ4v) is 8.36. The van der Waals surface area contributed by atoms with Crippen LogP contribution in [0.25, 0.3) is 89.3 Å². The molecule has 2 aromatic heterocycles. The van der Waals surface area contributed by atoms with Crippen molar-refractivity contribution in [3.05, 3.63) is 180 Å². The molecule has 52 heavy (non-hydrogen) atoms. The number of aromatic nitrogens is 2. The number of benzene rings is 6. The summed E-state index contributed by atoms with van der Waals surface area (Å²) in [5, 5.41) is 6.08. The molecule has 0 amide bonds. The molecule has 1 aliphatic carbocycles. The molecule has 0 fully saturated rings. The quantitative estimate of drug-likeness (QED) is 0.188. The molecule has 2 N–H and O–H groups in total. The number of para-hydroxylation sites is 1. The van der Waals surface area contributed by atoms with Gasteiger partial charge in [0.25, 0.3) is 0 Å². The normalized spacial score (nSPS) is 14.0. The van der Waals surface area contributed by atoms with E-state index in [0.717, 1.165) is 44.9 Å². The average Bonchev–Trinajstić information content (AvgIpc) is 3.77. The number of allylic oxidation sites excluding steroid dienone is 6. The Morgan fingerprint density at radius 1 is 0.596 bits per heavy atom. The van der Waals surface area contributed by atoms with E-state index in [2.05, 4.69) is 181 Å². The minimum atomic E-state index is 0.824. The molecule has 8 aromatic rings. The van der Waals surface area contributed by atoms with Gasteiger partial charge >= 0.3 is 0 Å². The van der Waals surface area contributed by atoms with Crippen molar-refractivity contribution in [2.75, 3.05) is 0 Å². The van der Waals surface area contributed by atoms with E-state index in [9.17, 15) is 0 Å². The molecule has 0 bridgehead atoms. The minimum Gasteiger partial charge on any atom is -0.398 e. The Hall–Kier alpha value is -6.58. The molecule has 2 heterocycles. The van der Waals surface area contributed by atoms with Crippen molar-refractivity contribution in [1.82, 2.24) is 9.13 Å². The monoisotopic (exact) mass is 669 g/mol. The molecule has 0 saturated heterocycles. The number of rotatable bonds is 6. The van der Waals surface area contributed by atoms with Gasteiger partial charge in [-0.2, -0.15) is 0 Å². The summed E-state index contributed by atoms with van der Waals surface area (Å²) in [6.07, 6.45) is 12.6. The topological polar surface area (TPSA) is 35.9 Å². The number of fused-ring (bicyclic) bond motifs is 6. The van der Waals surface area contributed by atoms with Crippen LogP contribution in [0.1, 0.15) is 43.2 Å². The Morgan fingerprint density at radius 3 is 1.94 bits per heavy atom. The molecule has 0 aliphatic heterocycles. The third-order valence-electron chi connectivity index (χ3n) is 10.6. The van der Waals surface area contributed by atoms with Gasteiger partial charge in [0.15, 0.2) is 0 Å². The Labute approximate surface area is 304 Å². The van der Waals surface area contributed by atoms with Gasteiger partial charge in [-0.15, -0.1) is 0 Å². The van der Waals surface area contributed by atoms with Crippen molar-refractivity contribution >= 4 is 66.8 Å². The maximum atomic E-state index is 6.84. The van der Waals surface area contributed by atoms with Crippen LogP contribution in [0.5, 0.6) is 0 Å². The average molecular weight is 670 g/mol. The first-order chi connectivity index (χ1) is 25.6. The second kappa shape index (κ2) is 12.3. The van der Waals surface area contributed by atoms with Crippen LogP contribution in [0.4, 0.5) is 0 Å². The molecule has 0 saturated carbocycles. The lowest BCUT2D eigenvalue weighted by Gasteiger charge is -2.15. The predicted octanol–water partition coefficient (Wildman–Crippen LogP) is 12.9. The Balaban J connectivity index is 1.31. The summed E-state index contributed by atoms with van der Waals surface area (Å²) in [5.74, 6) is 0. The summed E-state index contributed by atoms with van der Waals surface area (Å²) in [5.41, 5.74) is 22.5. The zero-order chi connectivity index (χ0) is 35.5. The standard InChI is InChI=1S/C49H39N3/c1-5-15-37-40-28-33(23-25-44(40)51(43(37)8-4)35-19-10-9-11-20-35)34-24-26-45-41(29-34)42-27-31-17-12-13-18-32(31)30-47(42)52(45)46-22-14-21-38-39(16-6-2)49(50)36(7-3)48(38)46/h5-30H,4,50H2,1-3H3/b15-5-,16-6-,36-7+. The van der Waals surface area contributed by atoms with Gasteiger partial charge in [-0.3, -0.25) is 0 Å². The van der Waals surface area contributed by atoms with Gasteiger partial charge in [-0.25, -0.2) is 0 Å². The molecule has 1 aliphatic rings. The molecule has 9 rings (SSSR count). The van der Waals surface area contributed by atoms with Crippen molar-refractivity contribution in [2.45, 2.75) is 20.8 Å². The Kier molecular flexibility index (Phi) is 7.45. The van der Waals surface area contributed by atoms with E-state index < -0.39 is 0 Å². The van der Waals surface area contributed by atoms with Crippen molar-refractivity contribution in [3.8, 4) is 22.5 Å². The lowest BCUT2D eigenvalue weighted by atomic mass is 9.99. The lowest BCUT2D eigenvalue weighted by molar-refractivity contribution is 1.11. The highest BCUT2D eigenvalue weighted by Crippen LogP contribution is 2.46. The van der Waals surface area contributed by atoms with Gasteiger partial charge in [0, 0.05) is 49.8 Å². The van der Waals surface area contributed by atoms with E-state index >= 15 is 0 Å². The maximum Gasteiger partial charge on any atom is 0.0547 e. The van der Waals surface area contributed by atoms with Crippen LogP contribution in [0, 0.1) is 0 Å². The van der Waals surface area contributed by atoms with E-state index in [0.29, 0.717) is 0 Å². The second-order valence-electron chi connectivity index (χ2n) is 13.4. The van der Waals surface area contributed by atoms with Crippen LogP contribution in [0.3, 0.4) is 0 Å². The third kappa shape index (κ3) is 4.59. The molecule has 0 atom stereocenters. The summed E-state index contributed by atoms with van der Waals surface area (Å²) in [6, 6.07) is 44.3. The highest BCUT2D eigenvalue weighted by molar-refractivity contribution is 6.15. The van der Waals surface area contributed by atoms with Crippen LogP contribution < -0.4 is 5.73 Å². The molecule has 3 heteroatoms. The molecule has 3 nitrogen and oxygen atoms in total. The first-order valence-electron chi connectivity index (χ1n) is 18.0. The highest BCUT2D eigenvalue weighted by Gasteiger charge is 2.27. The molecule has 250 valence electrons. The van der Waals surface area contributed by atoms with Crippen molar-refractivity contribution in [1.29, 1.82) is 0 Å². The van der Waals surface area contributed by atoms with E-state index in [4.69, 9.17) is 5.73 Å². The van der Waals surface area contributed by atoms with Crippen molar-refractivity contribution in [3.63, 3.8) is 0 Å². The van der Waals surface area contributed by atoms with Crippen LogP contribution in [0.15, 0.2) is 158 Å². The van der Waals surface area contributed by atoms with E-state index in [1.165, 1.54) is 60.3 Å². The van der Waals surface area contributed by atoms with Gasteiger partial charge in [0.1, 0.15) is 0 Å². The molecule has 0 unspecified atom stereocenters. The minimum absolute atomic E-state index is 0.824. The largest absolute Gasteiger partial charge is 0.398 e. The van der Waals surface area contributed by atoms with E-state index in [-0.39, 0.29) is 0 Å². The third-order valence-corrected chi connectivity index (χ3v) is 10.6.